The molecule has 164 valence electrons. The van der Waals surface area contributed by atoms with Gasteiger partial charge in [0.2, 0.25) is 0 Å². The van der Waals surface area contributed by atoms with Crippen molar-refractivity contribution < 1.29 is 14.3 Å². The molecule has 31 heavy (non-hydrogen) atoms. The number of amides is 1. The van der Waals surface area contributed by atoms with E-state index in [1.165, 1.54) is 12.5 Å². The molecule has 5 heteroatoms. The van der Waals surface area contributed by atoms with Gasteiger partial charge in [-0.3, -0.25) is 14.5 Å². The lowest BCUT2D eigenvalue weighted by Gasteiger charge is -2.41. The average Bonchev–Trinajstić information content (AvgIpc) is 2.92. The maximum Gasteiger partial charge on any atom is 0.304 e. The lowest BCUT2D eigenvalue weighted by molar-refractivity contribution is -0.140. The number of anilines is 2. The number of carbonyl (C=O) groups excluding carboxylic acids is 2. The van der Waals surface area contributed by atoms with E-state index in [-0.39, 0.29) is 23.5 Å². The summed E-state index contributed by atoms with van der Waals surface area (Å²) in [6, 6.07) is 15.8. The van der Waals surface area contributed by atoms with Crippen molar-refractivity contribution in [3.8, 4) is 0 Å². The first-order valence-electron chi connectivity index (χ1n) is 10.6. The van der Waals surface area contributed by atoms with E-state index >= 15 is 0 Å². The van der Waals surface area contributed by atoms with Crippen molar-refractivity contribution in [2.75, 3.05) is 11.6 Å². The third kappa shape index (κ3) is 4.71. The van der Waals surface area contributed by atoms with Crippen LogP contribution in [0.4, 0.5) is 11.4 Å². The molecule has 0 atom stereocenters. The van der Waals surface area contributed by atoms with Crippen molar-refractivity contribution in [2.24, 2.45) is 15.8 Å². The van der Waals surface area contributed by atoms with Crippen molar-refractivity contribution in [1.29, 1.82) is 0 Å². The topological polar surface area (TPSA) is 59.0 Å². The van der Waals surface area contributed by atoms with E-state index in [2.05, 4.69) is 58.7 Å². The van der Waals surface area contributed by atoms with E-state index in [0.717, 1.165) is 16.9 Å². The van der Waals surface area contributed by atoms with Gasteiger partial charge in [0.05, 0.1) is 5.69 Å². The summed E-state index contributed by atoms with van der Waals surface area (Å²) in [7, 11) is 0. The quantitative estimate of drug-likeness (QED) is 0.583. The Labute approximate surface area is 185 Å². The van der Waals surface area contributed by atoms with Gasteiger partial charge in [-0.05, 0) is 40.5 Å². The second kappa shape index (κ2) is 8.29. The molecule has 0 aromatic heterocycles. The van der Waals surface area contributed by atoms with Gasteiger partial charge in [-0.15, -0.1) is 0 Å². The Morgan fingerprint density at radius 1 is 0.968 bits per heavy atom. The Kier molecular flexibility index (Phi) is 6.08. The van der Waals surface area contributed by atoms with E-state index in [4.69, 9.17) is 4.74 Å². The molecule has 5 nitrogen and oxygen atoms in total. The Morgan fingerprint density at radius 3 is 2.10 bits per heavy atom. The molecule has 3 rings (SSSR count). The summed E-state index contributed by atoms with van der Waals surface area (Å²) < 4.78 is 4.92. The third-order valence-electron chi connectivity index (χ3n) is 5.51. The fraction of sp³-hybridized carbons (Fsp3) is 0.423. The first-order valence-corrected chi connectivity index (χ1v) is 10.6. The maximum absolute atomic E-state index is 13.2. The molecule has 0 aliphatic carbocycles. The number of para-hydroxylation sites is 1. The van der Waals surface area contributed by atoms with Gasteiger partial charge in [-0.25, -0.2) is 4.99 Å². The molecule has 0 spiro atoms. The van der Waals surface area contributed by atoms with Crippen LogP contribution in [-0.4, -0.2) is 24.3 Å². The molecule has 1 aliphatic rings. The zero-order chi connectivity index (χ0) is 23.0. The molecule has 0 radical (unpaired) electrons. The predicted molar refractivity (Wildman–Crippen MR) is 125 cm³/mol. The summed E-state index contributed by atoms with van der Waals surface area (Å²) in [5.41, 5.74) is 4.09. The fourth-order valence-corrected chi connectivity index (χ4v) is 4.91. The van der Waals surface area contributed by atoms with Crippen LogP contribution in [0.15, 0.2) is 53.5 Å². The average molecular weight is 421 g/mol. The van der Waals surface area contributed by atoms with Crippen molar-refractivity contribution in [3.63, 3.8) is 0 Å². The van der Waals surface area contributed by atoms with Crippen molar-refractivity contribution >= 4 is 29.0 Å². The number of hydrogen-bond donors (Lipinski definition) is 0. The van der Waals surface area contributed by atoms with Gasteiger partial charge in [-0.1, -0.05) is 71.9 Å². The van der Waals surface area contributed by atoms with Crippen LogP contribution in [0.25, 0.3) is 0 Å². The Bertz CT molecular complexity index is 994. The normalized spacial score (nSPS) is 15.5. The molecule has 0 saturated carbocycles. The van der Waals surface area contributed by atoms with E-state index in [0.29, 0.717) is 11.6 Å². The lowest BCUT2D eigenvalue weighted by Crippen LogP contribution is -2.30. The summed E-state index contributed by atoms with van der Waals surface area (Å²) in [4.78, 5) is 30.2. The highest BCUT2D eigenvalue weighted by Gasteiger charge is 2.37. The van der Waals surface area contributed by atoms with Crippen LogP contribution in [0.1, 0.15) is 65.5 Å². The highest BCUT2D eigenvalue weighted by Crippen LogP contribution is 2.47. The molecule has 1 heterocycles. The summed E-state index contributed by atoms with van der Waals surface area (Å²) in [5.74, 6) is -0.288. The smallest absolute Gasteiger partial charge is 0.304 e. The van der Waals surface area contributed by atoms with Gasteiger partial charge < -0.3 is 4.74 Å². The van der Waals surface area contributed by atoms with Gasteiger partial charge >= 0.3 is 5.97 Å². The number of fused-ring (bicyclic) bond motifs is 1. The van der Waals surface area contributed by atoms with E-state index < -0.39 is 5.97 Å². The minimum absolute atomic E-state index is 0.104. The summed E-state index contributed by atoms with van der Waals surface area (Å²) in [6.45, 7) is 14.8. The van der Waals surface area contributed by atoms with Crippen molar-refractivity contribution in [1.82, 2.24) is 0 Å². The standard InChI is InChI=1S/C26H32N2O3/c1-17(29)31-16-27-22-20-10-8-9-11-21(20)28(24(22)30)19-14-12-18(13-15-19)23(25(2,3)4)26(5,6)7/h8-15,23H,16H2,1-7H3/b27-22+. The molecule has 0 fully saturated rings. The molecular formula is C26H32N2O3. The number of hydrogen-bond acceptors (Lipinski definition) is 4. The highest BCUT2D eigenvalue weighted by molar-refractivity contribution is 6.55. The SMILES string of the molecule is CC(=O)OC/N=C1/C(=O)N(c2ccc(C(C(C)(C)C)C(C)(C)C)cc2)c2ccccc21. The van der Waals surface area contributed by atoms with Crippen LogP contribution in [-0.2, 0) is 14.3 Å². The van der Waals surface area contributed by atoms with Gasteiger partial charge in [0.1, 0.15) is 5.71 Å². The van der Waals surface area contributed by atoms with Gasteiger partial charge in [-0.2, -0.15) is 0 Å². The lowest BCUT2D eigenvalue weighted by atomic mass is 9.64. The Morgan fingerprint density at radius 2 is 1.55 bits per heavy atom. The molecular weight excluding hydrogens is 388 g/mol. The summed E-state index contributed by atoms with van der Waals surface area (Å²) in [6.07, 6.45) is 0. The number of rotatable bonds is 4. The molecule has 0 N–H and O–H groups in total. The van der Waals surface area contributed by atoms with Crippen LogP contribution in [0.5, 0.6) is 0 Å². The second-order valence-corrected chi connectivity index (χ2v) is 10.2. The molecule has 2 aromatic rings. The monoisotopic (exact) mass is 420 g/mol. The molecule has 1 aliphatic heterocycles. The number of benzene rings is 2. The Hall–Kier alpha value is -2.95. The summed E-state index contributed by atoms with van der Waals surface area (Å²) >= 11 is 0. The fourth-order valence-electron chi connectivity index (χ4n) is 4.91. The molecule has 0 bridgehead atoms. The largest absolute Gasteiger partial charge is 0.443 e. The van der Waals surface area contributed by atoms with Crippen molar-refractivity contribution in [2.45, 2.75) is 54.4 Å². The van der Waals surface area contributed by atoms with E-state index in [1.54, 1.807) is 4.90 Å². The molecule has 2 aromatic carbocycles. The predicted octanol–water partition coefficient (Wildman–Crippen LogP) is 5.85. The van der Waals surface area contributed by atoms with Crippen LogP contribution in [0, 0.1) is 10.8 Å². The van der Waals surface area contributed by atoms with Crippen LogP contribution >= 0.6 is 0 Å². The van der Waals surface area contributed by atoms with E-state index in [1.807, 2.05) is 36.4 Å². The highest BCUT2D eigenvalue weighted by atomic mass is 16.5. The van der Waals surface area contributed by atoms with Crippen molar-refractivity contribution in [3.05, 3.63) is 59.7 Å². The minimum atomic E-state index is -0.428. The van der Waals surface area contributed by atoms with Crippen LogP contribution < -0.4 is 4.90 Å². The number of carbonyl (C=O) groups is 2. The first kappa shape index (κ1) is 22.7. The third-order valence-corrected chi connectivity index (χ3v) is 5.51. The maximum atomic E-state index is 13.2. The Balaban J connectivity index is 1.98. The number of ether oxygens (including phenoxy) is 1. The van der Waals surface area contributed by atoms with Crippen LogP contribution in [0.3, 0.4) is 0 Å². The number of nitrogens with zero attached hydrogens (tertiary/aromatic N) is 2. The number of esters is 1. The molecule has 1 amide bonds. The molecule has 0 saturated heterocycles. The van der Waals surface area contributed by atoms with Crippen LogP contribution in [0.2, 0.25) is 0 Å². The second-order valence-electron chi connectivity index (χ2n) is 10.2. The summed E-state index contributed by atoms with van der Waals surface area (Å²) in [5, 5.41) is 0. The molecule has 0 unspecified atom stereocenters. The number of aliphatic imine (C=N–C) groups is 1. The first-order chi connectivity index (χ1) is 14.4. The van der Waals surface area contributed by atoms with Gasteiger partial charge in [0, 0.05) is 18.2 Å². The zero-order valence-corrected chi connectivity index (χ0v) is 19.5. The van der Waals surface area contributed by atoms with Gasteiger partial charge in [0.25, 0.3) is 5.91 Å². The van der Waals surface area contributed by atoms with Gasteiger partial charge in [0.15, 0.2) is 6.73 Å². The zero-order valence-electron chi connectivity index (χ0n) is 19.5. The van der Waals surface area contributed by atoms with E-state index in [9.17, 15) is 9.59 Å². The minimum Gasteiger partial charge on any atom is -0.443 e.